The molecular weight excluding hydrogens is 561 g/mol. The van der Waals surface area contributed by atoms with Crippen LogP contribution in [0, 0.1) is 12.3 Å². The average Bonchev–Trinajstić information content (AvgIpc) is 3.54. The van der Waals surface area contributed by atoms with Crippen molar-refractivity contribution in [1.29, 1.82) is 0 Å². The van der Waals surface area contributed by atoms with Crippen molar-refractivity contribution in [2.45, 2.75) is 57.9 Å². The quantitative estimate of drug-likeness (QED) is 0.353. The van der Waals surface area contributed by atoms with Crippen LogP contribution in [0.2, 0.25) is 5.02 Å². The summed E-state index contributed by atoms with van der Waals surface area (Å²) in [5.74, 6) is -0.766. The first-order chi connectivity index (χ1) is 19.5. The van der Waals surface area contributed by atoms with Gasteiger partial charge in [-0.05, 0) is 68.7 Å². The number of hydrogen-bond acceptors (Lipinski definition) is 8. The van der Waals surface area contributed by atoms with Crippen LogP contribution in [-0.4, -0.2) is 51.1 Å². The highest BCUT2D eigenvalue weighted by Crippen LogP contribution is 2.45. The molecule has 13 heteroatoms. The van der Waals surface area contributed by atoms with Crippen LogP contribution in [0.1, 0.15) is 55.7 Å². The van der Waals surface area contributed by atoms with Gasteiger partial charge in [0.15, 0.2) is 0 Å². The van der Waals surface area contributed by atoms with Crippen LogP contribution < -0.4 is 15.8 Å². The van der Waals surface area contributed by atoms with Crippen LogP contribution in [0.3, 0.4) is 0 Å². The number of nitrogens with zero attached hydrogens (tertiary/aromatic N) is 4. The van der Waals surface area contributed by atoms with Crippen molar-refractivity contribution in [1.82, 2.24) is 25.1 Å². The Morgan fingerprint density at radius 1 is 1.29 bits per heavy atom. The van der Waals surface area contributed by atoms with E-state index >= 15 is 0 Å². The summed E-state index contributed by atoms with van der Waals surface area (Å²) in [6, 6.07) is 6.74. The summed E-state index contributed by atoms with van der Waals surface area (Å²) in [6.45, 7) is 4.50. The molecule has 2 aliphatic rings. The van der Waals surface area contributed by atoms with Crippen LogP contribution in [0.4, 0.5) is 19.1 Å². The minimum absolute atomic E-state index is 0.101. The average molecular weight is 591 g/mol. The fourth-order valence-electron chi connectivity index (χ4n) is 5.43. The second-order valence-corrected chi connectivity index (χ2v) is 10.9. The molecule has 3 heterocycles. The lowest BCUT2D eigenvalue weighted by Crippen LogP contribution is -2.32. The molecule has 0 amide bonds. The van der Waals surface area contributed by atoms with Crippen molar-refractivity contribution >= 4 is 29.1 Å². The van der Waals surface area contributed by atoms with Gasteiger partial charge < -0.3 is 20.5 Å². The number of alkyl halides is 3. The van der Waals surface area contributed by atoms with E-state index < -0.39 is 12.3 Å². The first kappa shape index (κ1) is 28.9. The minimum atomic E-state index is -4.80. The number of carbonyl (C=O) groups excluding carboxylic acids is 1. The SMILES string of the molecule is CCOC(=O)C1CC2(CC=C(c3cc(OC(c4ccc(Cl)cc4-n4ccc(C)n4)C(F)(F)F)nc(N)n3)CC2)CN1. The first-order valence-electron chi connectivity index (χ1n) is 13.3. The Morgan fingerprint density at radius 3 is 2.76 bits per heavy atom. The van der Waals surface area contributed by atoms with Crippen molar-refractivity contribution in [3.05, 3.63) is 64.6 Å². The van der Waals surface area contributed by atoms with Crippen LogP contribution in [-0.2, 0) is 9.53 Å². The third-order valence-corrected chi connectivity index (χ3v) is 7.70. The van der Waals surface area contributed by atoms with Crippen molar-refractivity contribution < 1.29 is 27.4 Å². The molecule has 5 rings (SSSR count). The molecule has 1 aromatic carbocycles. The van der Waals surface area contributed by atoms with Gasteiger partial charge in [0.1, 0.15) is 6.04 Å². The number of nitrogens with two attached hydrogens (primary N) is 1. The molecule has 3 atom stereocenters. The fourth-order valence-corrected chi connectivity index (χ4v) is 5.60. The Labute approximate surface area is 239 Å². The number of allylic oxidation sites excluding steroid dienone is 2. The second-order valence-electron chi connectivity index (χ2n) is 10.4. The Balaban J connectivity index is 1.40. The number of aromatic nitrogens is 4. The Hall–Kier alpha value is -3.64. The molecule has 1 fully saturated rings. The Bertz CT molecular complexity index is 1480. The largest absolute Gasteiger partial charge is 0.465 e. The first-order valence-corrected chi connectivity index (χ1v) is 13.6. The number of rotatable bonds is 7. The van der Waals surface area contributed by atoms with E-state index in [2.05, 4.69) is 20.4 Å². The van der Waals surface area contributed by atoms with E-state index in [0.717, 1.165) is 12.0 Å². The summed E-state index contributed by atoms with van der Waals surface area (Å²) >= 11 is 6.13. The van der Waals surface area contributed by atoms with Gasteiger partial charge in [0.2, 0.25) is 17.9 Å². The molecule has 2 aromatic heterocycles. The zero-order valence-corrected chi connectivity index (χ0v) is 23.3. The van der Waals surface area contributed by atoms with Gasteiger partial charge in [0.25, 0.3) is 0 Å². The van der Waals surface area contributed by atoms with E-state index in [4.69, 9.17) is 26.8 Å². The van der Waals surface area contributed by atoms with E-state index in [-0.39, 0.29) is 45.5 Å². The molecule has 1 saturated heterocycles. The van der Waals surface area contributed by atoms with E-state index in [0.29, 0.717) is 43.8 Å². The van der Waals surface area contributed by atoms with Crippen molar-refractivity contribution in [2.24, 2.45) is 5.41 Å². The number of halogens is 4. The molecule has 3 N–H and O–H groups in total. The van der Waals surface area contributed by atoms with E-state index in [1.54, 1.807) is 26.1 Å². The minimum Gasteiger partial charge on any atom is -0.465 e. The summed E-state index contributed by atoms with van der Waals surface area (Å²) in [5, 5.41) is 7.76. The van der Waals surface area contributed by atoms with E-state index in [1.807, 2.05) is 6.08 Å². The lowest BCUT2D eigenvalue weighted by molar-refractivity contribution is -0.198. The van der Waals surface area contributed by atoms with Crippen molar-refractivity contribution in [3.63, 3.8) is 0 Å². The van der Waals surface area contributed by atoms with Gasteiger partial charge >= 0.3 is 12.1 Å². The molecule has 41 heavy (non-hydrogen) atoms. The lowest BCUT2D eigenvalue weighted by atomic mass is 9.73. The van der Waals surface area contributed by atoms with Gasteiger partial charge in [-0.25, -0.2) is 9.67 Å². The summed E-state index contributed by atoms with van der Waals surface area (Å²) in [7, 11) is 0. The molecule has 0 radical (unpaired) electrons. The van der Waals surface area contributed by atoms with Crippen molar-refractivity contribution in [3.8, 4) is 11.6 Å². The number of nitrogen functional groups attached to an aromatic ring is 1. The molecule has 3 aromatic rings. The summed E-state index contributed by atoms with van der Waals surface area (Å²) in [4.78, 5) is 20.4. The summed E-state index contributed by atoms with van der Waals surface area (Å²) in [6.07, 6.45) is -0.921. The van der Waals surface area contributed by atoms with Gasteiger partial charge in [-0.1, -0.05) is 23.7 Å². The molecule has 1 aliphatic heterocycles. The standard InChI is InChI=1S/C28H30ClF3N6O3/c1-3-40-25(39)21-14-27(15-34-21)9-6-17(7-10-27)20-13-23(36-26(33)35-20)41-24(28(30,31)32)19-5-4-18(29)12-22(19)38-11-8-16(2)37-38/h4-6,8,11-13,21,24,34H,3,7,9-10,14-15H2,1-2H3,(H2,33,35,36). The summed E-state index contributed by atoms with van der Waals surface area (Å²) in [5.41, 5.74) is 7.62. The molecule has 0 saturated carbocycles. The normalized spacial score (nSPS) is 21.5. The van der Waals surface area contributed by atoms with Gasteiger partial charge in [-0.2, -0.15) is 23.3 Å². The highest BCUT2D eigenvalue weighted by Gasteiger charge is 2.45. The van der Waals surface area contributed by atoms with Gasteiger partial charge in [0.05, 0.1) is 23.7 Å². The number of esters is 1. The number of nitrogens with one attached hydrogen (secondary N) is 1. The third-order valence-electron chi connectivity index (χ3n) is 7.47. The lowest BCUT2D eigenvalue weighted by Gasteiger charge is -2.32. The predicted octanol–water partition coefficient (Wildman–Crippen LogP) is 5.37. The number of aryl methyl sites for hydroxylation is 1. The van der Waals surface area contributed by atoms with Gasteiger partial charge in [0, 0.05) is 29.4 Å². The number of hydrogen-bond donors (Lipinski definition) is 2. The molecule has 3 unspecified atom stereocenters. The number of anilines is 1. The maximum Gasteiger partial charge on any atom is 0.429 e. The predicted molar refractivity (Wildman–Crippen MR) is 146 cm³/mol. The Morgan fingerprint density at radius 2 is 2.10 bits per heavy atom. The highest BCUT2D eigenvalue weighted by atomic mass is 35.5. The zero-order valence-electron chi connectivity index (χ0n) is 22.5. The van der Waals surface area contributed by atoms with Gasteiger partial charge in [-0.15, -0.1) is 0 Å². The number of ether oxygens (including phenoxy) is 2. The van der Waals surface area contributed by atoms with Crippen LogP contribution in [0.15, 0.2) is 42.6 Å². The molecule has 0 bridgehead atoms. The fraction of sp³-hybridized carbons (Fsp3) is 0.429. The van der Waals surface area contributed by atoms with Crippen LogP contribution in [0.5, 0.6) is 5.88 Å². The topological polar surface area (TPSA) is 117 Å². The third kappa shape index (κ3) is 6.33. The number of benzene rings is 1. The van der Waals surface area contributed by atoms with Gasteiger partial charge in [-0.3, -0.25) is 4.79 Å². The van der Waals surface area contributed by atoms with Crippen LogP contribution >= 0.6 is 11.6 Å². The molecule has 1 spiro atoms. The zero-order chi connectivity index (χ0) is 29.4. The monoisotopic (exact) mass is 590 g/mol. The maximum atomic E-state index is 14.4. The van der Waals surface area contributed by atoms with Crippen LogP contribution in [0.25, 0.3) is 11.3 Å². The molecule has 9 nitrogen and oxygen atoms in total. The maximum absolute atomic E-state index is 14.4. The highest BCUT2D eigenvalue weighted by molar-refractivity contribution is 6.30. The number of carbonyl (C=O) groups is 1. The molecular formula is C28H30ClF3N6O3. The Kier molecular flexibility index (Phi) is 7.97. The van der Waals surface area contributed by atoms with E-state index in [1.165, 1.54) is 28.9 Å². The smallest absolute Gasteiger partial charge is 0.429 e. The molecule has 1 aliphatic carbocycles. The summed E-state index contributed by atoms with van der Waals surface area (Å²) < 4.78 is 55.3. The second kappa shape index (κ2) is 11.3. The van der Waals surface area contributed by atoms with Crippen molar-refractivity contribution in [2.75, 3.05) is 18.9 Å². The molecule has 218 valence electrons. The van der Waals surface area contributed by atoms with E-state index in [9.17, 15) is 18.0 Å².